The molecule has 5 nitrogen and oxygen atoms in total. The van der Waals surface area contributed by atoms with E-state index in [2.05, 4.69) is 21.0 Å². The third-order valence-corrected chi connectivity index (χ3v) is 10.1. The highest BCUT2D eigenvalue weighted by Crippen LogP contribution is 2.68. The van der Waals surface area contributed by atoms with Crippen LogP contribution in [0.3, 0.4) is 0 Å². The quantitative estimate of drug-likeness (QED) is 0.0961. The zero-order valence-electron chi connectivity index (χ0n) is 21.2. The molecule has 0 aromatic heterocycles. The third-order valence-electron chi connectivity index (χ3n) is 9.02. The normalized spacial score (nSPS) is 31.9. The van der Waals surface area contributed by atoms with Crippen molar-refractivity contribution in [2.45, 2.75) is 140 Å². The molecule has 5 atom stereocenters. The van der Waals surface area contributed by atoms with Gasteiger partial charge in [-0.1, -0.05) is 90.4 Å². The number of unbranched alkanes of at least 4 members (excludes halogenated alkanes) is 13. The maximum atomic E-state index is 12.3. The molecule has 188 valence electrons. The Hall–Kier alpha value is 0.0700. The summed E-state index contributed by atoms with van der Waals surface area (Å²) in [6.45, 7) is 2.54. The Morgan fingerprint density at radius 1 is 0.875 bits per heavy atom. The molecule has 0 bridgehead atoms. The standard InChI is InChI=1S/C26H50NO4P/c1-4-5-6-7-8-9-10-11-12-13-14-15-16-17-20-30-32(28,29)31-24-21-23-18-19-26(23)25(22-24)27(26,2)3/h23-25H,4-22H2,1-3H3. The van der Waals surface area contributed by atoms with Crippen LogP contribution in [-0.2, 0) is 13.6 Å². The molecular weight excluding hydrogens is 421 g/mol. The average molecular weight is 472 g/mol. The number of hydrogen-bond donors (Lipinski definition) is 0. The van der Waals surface area contributed by atoms with Gasteiger partial charge in [-0.15, -0.1) is 0 Å². The van der Waals surface area contributed by atoms with Crippen molar-refractivity contribution in [2.75, 3.05) is 20.7 Å². The van der Waals surface area contributed by atoms with Crippen LogP contribution in [0.15, 0.2) is 0 Å². The molecular formula is C26H50NO4P. The molecule has 1 spiro atoms. The van der Waals surface area contributed by atoms with Crippen molar-refractivity contribution < 1.29 is 23.0 Å². The first-order valence-corrected chi connectivity index (χ1v) is 15.3. The lowest BCUT2D eigenvalue weighted by molar-refractivity contribution is -0.806. The predicted molar refractivity (Wildman–Crippen MR) is 129 cm³/mol. The summed E-state index contributed by atoms with van der Waals surface area (Å²) >= 11 is 0. The van der Waals surface area contributed by atoms with Gasteiger partial charge in [0.15, 0.2) is 5.54 Å². The van der Waals surface area contributed by atoms with Gasteiger partial charge in [-0.3, -0.25) is 4.57 Å². The van der Waals surface area contributed by atoms with Gasteiger partial charge in [-0.05, 0) is 19.3 Å². The summed E-state index contributed by atoms with van der Waals surface area (Å²) in [5, 5.41) is 0. The zero-order valence-corrected chi connectivity index (χ0v) is 22.1. The Labute approximate surface area is 197 Å². The van der Waals surface area contributed by atoms with Gasteiger partial charge in [-0.2, -0.15) is 0 Å². The van der Waals surface area contributed by atoms with E-state index in [-0.39, 0.29) is 12.7 Å². The van der Waals surface area contributed by atoms with E-state index in [0.29, 0.717) is 17.5 Å². The summed E-state index contributed by atoms with van der Waals surface area (Å²) in [7, 11) is 0.409. The Kier molecular flexibility index (Phi) is 10.1. The summed E-state index contributed by atoms with van der Waals surface area (Å²) < 4.78 is 24.0. The number of likely N-dealkylation sites (tertiary alicyclic amines) is 1. The number of phosphoric ester groups is 1. The molecule has 5 unspecified atom stereocenters. The molecule has 32 heavy (non-hydrogen) atoms. The Morgan fingerprint density at radius 3 is 1.88 bits per heavy atom. The van der Waals surface area contributed by atoms with Gasteiger partial charge in [0.2, 0.25) is 0 Å². The molecule has 3 aliphatic rings. The van der Waals surface area contributed by atoms with Crippen LogP contribution >= 0.6 is 7.82 Å². The van der Waals surface area contributed by atoms with Crippen LogP contribution in [-0.4, -0.2) is 42.9 Å². The first-order valence-electron chi connectivity index (χ1n) is 13.8. The number of hydrogen-bond acceptors (Lipinski definition) is 4. The summed E-state index contributed by atoms with van der Waals surface area (Å²) in [5.41, 5.74) is 0.446. The van der Waals surface area contributed by atoms with Crippen LogP contribution in [0.1, 0.15) is 122 Å². The fraction of sp³-hybridized carbons (Fsp3) is 1.00. The maximum Gasteiger partial charge on any atom is 0.268 e. The summed E-state index contributed by atoms with van der Waals surface area (Å²) in [4.78, 5) is 12.3. The van der Waals surface area contributed by atoms with Gasteiger partial charge in [0.1, 0.15) is 6.04 Å². The van der Waals surface area contributed by atoms with E-state index in [1.807, 2.05) is 0 Å². The van der Waals surface area contributed by atoms with E-state index in [4.69, 9.17) is 9.05 Å². The second-order valence-electron chi connectivity index (χ2n) is 11.4. The van der Waals surface area contributed by atoms with Crippen LogP contribution in [0, 0.1) is 5.92 Å². The van der Waals surface area contributed by atoms with Crippen molar-refractivity contribution >= 4 is 7.82 Å². The molecule has 0 N–H and O–H groups in total. The van der Waals surface area contributed by atoms with Crippen molar-refractivity contribution in [1.29, 1.82) is 0 Å². The fourth-order valence-electron chi connectivity index (χ4n) is 6.95. The lowest BCUT2D eigenvalue weighted by atomic mass is 9.64. The summed E-state index contributed by atoms with van der Waals surface area (Å²) in [5.74, 6) is 0.632. The molecule has 1 heterocycles. The third kappa shape index (κ3) is 6.60. The lowest BCUT2D eigenvalue weighted by Gasteiger charge is -2.41. The highest BCUT2D eigenvalue weighted by molar-refractivity contribution is 7.45. The Balaban J connectivity index is 1.13. The summed E-state index contributed by atoms with van der Waals surface area (Å²) in [6, 6.07) is 0.575. The maximum absolute atomic E-state index is 12.3. The van der Waals surface area contributed by atoms with Crippen molar-refractivity contribution in [3.05, 3.63) is 0 Å². The molecule has 6 heteroatoms. The van der Waals surface area contributed by atoms with Crippen molar-refractivity contribution in [2.24, 2.45) is 5.92 Å². The van der Waals surface area contributed by atoms with Crippen molar-refractivity contribution in [3.63, 3.8) is 0 Å². The second-order valence-corrected chi connectivity index (χ2v) is 12.7. The van der Waals surface area contributed by atoms with Crippen molar-refractivity contribution in [3.8, 4) is 0 Å². The van der Waals surface area contributed by atoms with Crippen LogP contribution in [0.5, 0.6) is 0 Å². The monoisotopic (exact) mass is 471 g/mol. The van der Waals surface area contributed by atoms with Crippen LogP contribution in [0.25, 0.3) is 0 Å². The number of rotatable bonds is 18. The average Bonchev–Trinajstić information content (AvgIpc) is 3.24. The van der Waals surface area contributed by atoms with Gasteiger partial charge in [0.25, 0.3) is 7.82 Å². The van der Waals surface area contributed by atoms with Gasteiger partial charge in [-0.25, -0.2) is 0 Å². The Morgan fingerprint density at radius 2 is 1.41 bits per heavy atom. The lowest BCUT2D eigenvalue weighted by Crippen LogP contribution is -2.47. The first-order chi connectivity index (χ1) is 15.3. The molecule has 0 aromatic rings. The minimum Gasteiger partial charge on any atom is -0.756 e. The van der Waals surface area contributed by atoms with E-state index in [1.54, 1.807) is 0 Å². The highest BCUT2D eigenvalue weighted by Gasteiger charge is 2.82. The molecule has 2 aliphatic carbocycles. The minimum absolute atomic E-state index is 0.182. The first kappa shape index (κ1) is 26.7. The largest absolute Gasteiger partial charge is 0.756 e. The van der Waals surface area contributed by atoms with Gasteiger partial charge in [0, 0.05) is 18.8 Å². The number of phosphoric acid groups is 1. The van der Waals surface area contributed by atoms with E-state index in [0.717, 1.165) is 30.2 Å². The predicted octanol–water partition coefficient (Wildman–Crippen LogP) is 6.74. The topological polar surface area (TPSA) is 58.6 Å². The van der Waals surface area contributed by atoms with E-state index < -0.39 is 7.82 Å². The summed E-state index contributed by atoms with van der Waals surface area (Å²) in [6.07, 6.45) is 22.1. The van der Waals surface area contributed by atoms with E-state index in [1.165, 1.54) is 89.9 Å². The van der Waals surface area contributed by atoms with Crippen LogP contribution in [0.4, 0.5) is 0 Å². The number of nitrogens with zero attached hydrogens (tertiary/aromatic N) is 1. The molecule has 1 saturated heterocycles. The molecule has 0 aromatic carbocycles. The highest BCUT2D eigenvalue weighted by atomic mass is 31.2. The van der Waals surface area contributed by atoms with Crippen molar-refractivity contribution in [1.82, 2.24) is 0 Å². The smallest absolute Gasteiger partial charge is 0.268 e. The van der Waals surface area contributed by atoms with Gasteiger partial charge in [0.05, 0.1) is 26.8 Å². The van der Waals surface area contributed by atoms with Crippen LogP contribution < -0.4 is 4.89 Å². The molecule has 1 aliphatic heterocycles. The number of likely N-dealkylation sites (N-methyl/N-ethyl adjacent to an activating group) is 1. The SMILES string of the molecule is CCCCCCCCCCCCCCCCOP(=O)([O-])OC1CC2CCC23C(C1)[N+]3(C)C. The van der Waals surface area contributed by atoms with Gasteiger partial charge < -0.3 is 18.4 Å². The zero-order chi connectivity index (χ0) is 23.1. The van der Waals surface area contributed by atoms with E-state index >= 15 is 0 Å². The Bertz CT molecular complexity index is 613. The van der Waals surface area contributed by atoms with Crippen LogP contribution in [0.2, 0.25) is 0 Å². The fourth-order valence-corrected chi connectivity index (χ4v) is 7.90. The second kappa shape index (κ2) is 12.2. The number of quaternary nitrogens is 1. The minimum atomic E-state index is -4.18. The van der Waals surface area contributed by atoms with Gasteiger partial charge >= 0.3 is 0 Å². The molecule has 3 fully saturated rings. The molecule has 3 rings (SSSR count). The van der Waals surface area contributed by atoms with E-state index in [9.17, 15) is 9.46 Å². The molecule has 2 saturated carbocycles. The molecule has 0 amide bonds. The molecule has 0 radical (unpaired) electrons.